The molecule has 6 nitrogen and oxygen atoms in total. The minimum atomic E-state index is -4.36. The Morgan fingerprint density at radius 1 is 1.09 bits per heavy atom. The van der Waals surface area contributed by atoms with Gasteiger partial charge in [0, 0.05) is 36.0 Å². The molecule has 1 aromatic heterocycles. The van der Waals surface area contributed by atoms with Gasteiger partial charge in [-0.15, -0.1) is 0 Å². The zero-order chi connectivity index (χ0) is 24.8. The Hall–Kier alpha value is -2.78. The van der Waals surface area contributed by atoms with Gasteiger partial charge in [-0.25, -0.2) is 4.99 Å². The highest BCUT2D eigenvalue weighted by Crippen LogP contribution is 2.62. The van der Waals surface area contributed by atoms with E-state index in [1.807, 2.05) is 19.1 Å². The second kappa shape index (κ2) is 8.71. The van der Waals surface area contributed by atoms with Crippen molar-refractivity contribution in [3.63, 3.8) is 0 Å². The van der Waals surface area contributed by atoms with Crippen LogP contribution in [0.2, 0.25) is 0 Å². The van der Waals surface area contributed by atoms with Gasteiger partial charge in [0.1, 0.15) is 12.4 Å². The highest BCUT2D eigenvalue weighted by molar-refractivity contribution is 6.41. The lowest BCUT2D eigenvalue weighted by atomic mass is 9.65. The van der Waals surface area contributed by atoms with Crippen LogP contribution >= 0.6 is 0 Å². The number of nitrogens with two attached hydrogens (primary N) is 1. The number of nitrogens with zero attached hydrogens (tertiary/aromatic N) is 3. The monoisotopic (exact) mass is 486 g/mol. The Kier molecular flexibility index (Phi) is 5.96. The van der Waals surface area contributed by atoms with Gasteiger partial charge in [-0.2, -0.15) is 13.2 Å². The van der Waals surface area contributed by atoms with Gasteiger partial charge < -0.3 is 15.2 Å². The summed E-state index contributed by atoms with van der Waals surface area (Å²) >= 11 is 0. The van der Waals surface area contributed by atoms with Gasteiger partial charge in [-0.3, -0.25) is 9.98 Å². The summed E-state index contributed by atoms with van der Waals surface area (Å²) in [6, 6.07) is 8.06. The molecule has 0 saturated heterocycles. The molecule has 1 aromatic carbocycles. The number of aromatic nitrogens is 1. The Morgan fingerprint density at radius 2 is 1.86 bits per heavy atom. The number of fused-ring (bicyclic) bond motifs is 3. The van der Waals surface area contributed by atoms with E-state index in [1.165, 1.54) is 11.8 Å². The van der Waals surface area contributed by atoms with Crippen LogP contribution in [0.4, 0.5) is 13.2 Å². The topological polar surface area (TPSA) is 82.1 Å². The Labute approximate surface area is 202 Å². The summed E-state index contributed by atoms with van der Waals surface area (Å²) in [5, 5.41) is 0. The standard InChI is InChI=1S/C26H29F3N4O2/c1-16-23(30)33-26(32-16)22-10-18(20-9-17(12-31-13-20)14-35-15-25(27,28)29)3-4-19(22)11-24(26)7-5-21(34-2)6-8-24/h3-4,9-10,12-13,21H,5-8,11,14-15H2,1-2H3,(H2,30,33). The second-order valence-corrected chi connectivity index (χ2v) is 9.82. The van der Waals surface area contributed by atoms with Gasteiger partial charge in [0.25, 0.3) is 0 Å². The number of rotatable bonds is 5. The van der Waals surface area contributed by atoms with Crippen LogP contribution in [-0.4, -0.2) is 42.5 Å². The fraction of sp³-hybridized carbons (Fsp3) is 0.500. The van der Waals surface area contributed by atoms with Crippen molar-refractivity contribution in [2.45, 2.75) is 63.6 Å². The number of pyridine rings is 1. The van der Waals surface area contributed by atoms with Crippen molar-refractivity contribution in [1.82, 2.24) is 4.98 Å². The number of hydrogen-bond donors (Lipinski definition) is 1. The van der Waals surface area contributed by atoms with Crippen molar-refractivity contribution in [2.75, 3.05) is 13.7 Å². The van der Waals surface area contributed by atoms with Crippen molar-refractivity contribution >= 4 is 11.5 Å². The van der Waals surface area contributed by atoms with Crippen molar-refractivity contribution in [3.8, 4) is 11.1 Å². The minimum absolute atomic E-state index is 0.156. The van der Waals surface area contributed by atoms with Crippen LogP contribution < -0.4 is 5.73 Å². The molecule has 0 bridgehead atoms. The number of halogens is 3. The highest BCUT2D eigenvalue weighted by atomic mass is 19.4. The first-order chi connectivity index (χ1) is 16.6. The predicted octanol–water partition coefficient (Wildman–Crippen LogP) is 4.94. The van der Waals surface area contributed by atoms with Crippen molar-refractivity contribution in [3.05, 3.63) is 53.3 Å². The Bertz CT molecular complexity index is 1170. The molecule has 1 atom stereocenters. The third kappa shape index (κ3) is 4.25. The van der Waals surface area contributed by atoms with E-state index in [2.05, 4.69) is 17.1 Å². The molecule has 1 aliphatic heterocycles. The molecule has 35 heavy (non-hydrogen) atoms. The molecule has 3 aliphatic rings. The Balaban J connectivity index is 1.49. The van der Waals surface area contributed by atoms with Crippen LogP contribution in [0.25, 0.3) is 11.1 Å². The Morgan fingerprint density at radius 3 is 2.51 bits per heavy atom. The predicted molar refractivity (Wildman–Crippen MR) is 127 cm³/mol. The molecule has 2 aromatic rings. The summed E-state index contributed by atoms with van der Waals surface area (Å²) in [7, 11) is 1.76. The second-order valence-electron chi connectivity index (χ2n) is 9.82. The van der Waals surface area contributed by atoms with E-state index in [9.17, 15) is 13.2 Å². The largest absolute Gasteiger partial charge is 0.411 e. The molecule has 0 radical (unpaired) electrons. The average molecular weight is 487 g/mol. The molecule has 1 unspecified atom stereocenters. The summed E-state index contributed by atoms with van der Waals surface area (Å²) in [5.41, 5.74) is 10.6. The third-order valence-electron chi connectivity index (χ3n) is 7.62. The molecule has 1 saturated carbocycles. The van der Waals surface area contributed by atoms with Gasteiger partial charge in [0.2, 0.25) is 0 Å². The molecule has 2 heterocycles. The van der Waals surface area contributed by atoms with Gasteiger partial charge in [0.05, 0.1) is 18.4 Å². The van der Waals surface area contributed by atoms with Gasteiger partial charge in [-0.1, -0.05) is 12.1 Å². The molecule has 186 valence electrons. The van der Waals surface area contributed by atoms with Crippen LogP contribution in [0.3, 0.4) is 0 Å². The fourth-order valence-electron chi connectivity index (χ4n) is 5.86. The first kappa shape index (κ1) is 23.9. The first-order valence-corrected chi connectivity index (χ1v) is 11.8. The number of amidine groups is 1. The highest BCUT2D eigenvalue weighted by Gasteiger charge is 2.60. The lowest BCUT2D eigenvalue weighted by Gasteiger charge is -2.44. The maximum Gasteiger partial charge on any atom is 0.411 e. The quantitative estimate of drug-likeness (QED) is 0.649. The number of hydrogen-bond acceptors (Lipinski definition) is 6. The van der Waals surface area contributed by atoms with E-state index in [1.54, 1.807) is 13.3 Å². The zero-order valence-corrected chi connectivity index (χ0v) is 19.9. The molecule has 2 N–H and O–H groups in total. The number of aliphatic imine (C=N–C) groups is 2. The van der Waals surface area contributed by atoms with E-state index in [0.29, 0.717) is 11.4 Å². The maximum atomic E-state index is 12.4. The first-order valence-electron chi connectivity index (χ1n) is 11.8. The van der Waals surface area contributed by atoms with Crippen LogP contribution in [-0.2, 0) is 28.2 Å². The van der Waals surface area contributed by atoms with Crippen LogP contribution in [0.15, 0.2) is 46.6 Å². The fourth-order valence-corrected chi connectivity index (χ4v) is 5.86. The summed E-state index contributed by atoms with van der Waals surface area (Å²) < 4.78 is 47.8. The van der Waals surface area contributed by atoms with E-state index >= 15 is 0 Å². The van der Waals surface area contributed by atoms with Crippen LogP contribution in [0.5, 0.6) is 0 Å². The van der Waals surface area contributed by atoms with Crippen molar-refractivity contribution in [1.29, 1.82) is 0 Å². The minimum Gasteiger partial charge on any atom is -0.382 e. The lowest BCUT2D eigenvalue weighted by Crippen LogP contribution is -2.43. The van der Waals surface area contributed by atoms with E-state index < -0.39 is 18.4 Å². The molecule has 2 aliphatic carbocycles. The van der Waals surface area contributed by atoms with Crippen LogP contribution in [0.1, 0.15) is 49.3 Å². The molecule has 0 amide bonds. The molecule has 5 rings (SSSR count). The van der Waals surface area contributed by atoms with Gasteiger partial charge in [0.15, 0.2) is 5.66 Å². The number of methoxy groups -OCH3 is 1. The molecular formula is C26H29F3N4O2. The van der Waals surface area contributed by atoms with Crippen molar-refractivity contribution < 1.29 is 22.6 Å². The van der Waals surface area contributed by atoms with E-state index in [-0.39, 0.29) is 18.1 Å². The number of benzene rings is 1. The van der Waals surface area contributed by atoms with Gasteiger partial charge in [-0.05, 0) is 67.9 Å². The average Bonchev–Trinajstić information content (AvgIpc) is 3.26. The third-order valence-corrected chi connectivity index (χ3v) is 7.62. The van der Waals surface area contributed by atoms with Gasteiger partial charge >= 0.3 is 6.18 Å². The van der Waals surface area contributed by atoms with E-state index in [4.69, 9.17) is 25.2 Å². The molecular weight excluding hydrogens is 457 g/mol. The van der Waals surface area contributed by atoms with Crippen LogP contribution in [0, 0.1) is 5.41 Å². The SMILES string of the molecule is COC1CCC2(CC1)Cc1ccc(-c3cncc(COCC(F)(F)F)c3)cc1C21N=C(C)C(N)=N1. The molecule has 2 spiro atoms. The molecule has 1 fully saturated rings. The lowest BCUT2D eigenvalue weighted by molar-refractivity contribution is -0.176. The number of ether oxygens (including phenoxy) is 2. The normalized spacial score (nSPS) is 27.9. The summed E-state index contributed by atoms with van der Waals surface area (Å²) in [5.74, 6) is 0.474. The smallest absolute Gasteiger partial charge is 0.382 e. The maximum absolute atomic E-state index is 12.4. The summed E-state index contributed by atoms with van der Waals surface area (Å²) in [6.45, 7) is 0.447. The van der Waals surface area contributed by atoms with E-state index in [0.717, 1.165) is 54.5 Å². The summed E-state index contributed by atoms with van der Waals surface area (Å²) in [6.07, 6.45) is 3.77. The number of alkyl halides is 3. The molecule has 9 heteroatoms. The summed E-state index contributed by atoms with van der Waals surface area (Å²) in [4.78, 5) is 14.3. The van der Waals surface area contributed by atoms with Crippen molar-refractivity contribution in [2.24, 2.45) is 21.1 Å². The zero-order valence-electron chi connectivity index (χ0n) is 19.9.